The van der Waals surface area contributed by atoms with Gasteiger partial charge in [-0.25, -0.2) is 0 Å². The summed E-state index contributed by atoms with van der Waals surface area (Å²) in [5.74, 6) is 0.254. The highest BCUT2D eigenvalue weighted by Gasteiger charge is 2.33. The second-order valence-corrected chi connectivity index (χ2v) is 5.33. The lowest BCUT2D eigenvalue weighted by atomic mass is 9.79. The molecule has 0 amide bonds. The molecule has 0 heterocycles. The molecule has 4 heteroatoms. The molecule has 0 radical (unpaired) electrons. The summed E-state index contributed by atoms with van der Waals surface area (Å²) in [7, 11) is 1.62. The van der Waals surface area contributed by atoms with E-state index in [1.54, 1.807) is 7.05 Å². The molecule has 0 aromatic heterocycles. The van der Waals surface area contributed by atoms with E-state index < -0.39 is 18.6 Å². The van der Waals surface area contributed by atoms with Crippen LogP contribution in [-0.4, -0.2) is 19.3 Å². The highest BCUT2D eigenvalue weighted by molar-refractivity contribution is 5.32. The number of alkyl halides is 3. The Balaban J connectivity index is 2.07. The van der Waals surface area contributed by atoms with Crippen LogP contribution < -0.4 is 5.32 Å². The normalized spacial score (nSPS) is 20.9. The van der Waals surface area contributed by atoms with Crippen molar-refractivity contribution < 1.29 is 13.2 Å². The van der Waals surface area contributed by atoms with E-state index in [9.17, 15) is 13.2 Å². The molecule has 1 aliphatic carbocycles. The summed E-state index contributed by atoms with van der Waals surface area (Å²) in [5.41, 5.74) is 2.55. The van der Waals surface area contributed by atoms with Crippen molar-refractivity contribution in [1.29, 1.82) is 0 Å². The van der Waals surface area contributed by atoms with E-state index in [0.29, 0.717) is 6.42 Å². The molecule has 1 aromatic rings. The summed E-state index contributed by atoms with van der Waals surface area (Å²) < 4.78 is 37.5. The van der Waals surface area contributed by atoms with E-state index in [4.69, 9.17) is 0 Å². The molecule has 1 N–H and O–H groups in total. The van der Waals surface area contributed by atoms with E-state index in [1.807, 2.05) is 12.1 Å². The number of fused-ring (bicyclic) bond motifs is 1. The van der Waals surface area contributed by atoms with Gasteiger partial charge in [0.25, 0.3) is 0 Å². The number of aryl methyl sites for hydroxylation is 1. The average Bonchev–Trinajstić information content (AvgIpc) is 2.37. The van der Waals surface area contributed by atoms with Gasteiger partial charge in [0.2, 0.25) is 0 Å². The third kappa shape index (κ3) is 3.96. The Kier molecular flexibility index (Phi) is 4.50. The minimum absolute atomic E-state index is 0.254. The standard InChI is InChI=1S/C15H20F3N/c1-19-13(10-15(16,17)18)9-12-7-4-6-11-5-2-3-8-14(11)12/h2-3,5,8,12-13,19H,4,6-7,9-10H2,1H3. The van der Waals surface area contributed by atoms with Crippen LogP contribution in [0.25, 0.3) is 0 Å². The number of halogens is 3. The van der Waals surface area contributed by atoms with Crippen LogP contribution in [0.4, 0.5) is 13.2 Å². The first kappa shape index (κ1) is 14.4. The van der Waals surface area contributed by atoms with Gasteiger partial charge in [-0.15, -0.1) is 0 Å². The largest absolute Gasteiger partial charge is 0.390 e. The van der Waals surface area contributed by atoms with Gasteiger partial charge in [0.05, 0.1) is 6.42 Å². The smallest absolute Gasteiger partial charge is 0.317 e. The van der Waals surface area contributed by atoms with Gasteiger partial charge in [-0.3, -0.25) is 0 Å². The van der Waals surface area contributed by atoms with Crippen molar-refractivity contribution >= 4 is 0 Å². The summed E-state index contributed by atoms with van der Waals surface area (Å²) in [6.45, 7) is 0. The lowest BCUT2D eigenvalue weighted by Gasteiger charge is -2.29. The minimum Gasteiger partial charge on any atom is -0.317 e. The number of hydrogen-bond donors (Lipinski definition) is 1. The first-order valence-electron chi connectivity index (χ1n) is 6.81. The second-order valence-electron chi connectivity index (χ2n) is 5.33. The SMILES string of the molecule is CNC(CC1CCCc2ccccc21)CC(F)(F)F. The Morgan fingerprint density at radius 3 is 2.74 bits per heavy atom. The van der Waals surface area contributed by atoms with Crippen LogP contribution in [0.3, 0.4) is 0 Å². The van der Waals surface area contributed by atoms with Crippen LogP contribution in [0, 0.1) is 0 Å². The molecule has 0 aliphatic heterocycles. The Morgan fingerprint density at radius 1 is 1.32 bits per heavy atom. The Morgan fingerprint density at radius 2 is 2.05 bits per heavy atom. The number of hydrogen-bond acceptors (Lipinski definition) is 1. The number of rotatable bonds is 4. The van der Waals surface area contributed by atoms with Crippen molar-refractivity contribution in [2.75, 3.05) is 7.05 Å². The van der Waals surface area contributed by atoms with E-state index in [-0.39, 0.29) is 5.92 Å². The Labute approximate surface area is 112 Å². The van der Waals surface area contributed by atoms with Crippen LogP contribution in [-0.2, 0) is 6.42 Å². The maximum Gasteiger partial charge on any atom is 0.390 e. The fourth-order valence-electron chi connectivity index (χ4n) is 3.03. The summed E-state index contributed by atoms with van der Waals surface area (Å²) in [6, 6.07) is 7.66. The van der Waals surface area contributed by atoms with Crippen LogP contribution in [0.5, 0.6) is 0 Å². The molecule has 2 atom stereocenters. The predicted octanol–water partition coefficient (Wildman–Crippen LogP) is 4.04. The maximum atomic E-state index is 12.5. The first-order valence-corrected chi connectivity index (χ1v) is 6.81. The van der Waals surface area contributed by atoms with Crippen molar-refractivity contribution in [2.45, 2.75) is 50.2 Å². The highest BCUT2D eigenvalue weighted by Crippen LogP contribution is 2.36. The van der Waals surface area contributed by atoms with E-state index in [1.165, 1.54) is 11.1 Å². The quantitative estimate of drug-likeness (QED) is 0.871. The fourth-order valence-corrected chi connectivity index (χ4v) is 3.03. The molecule has 0 spiro atoms. The van der Waals surface area contributed by atoms with E-state index >= 15 is 0 Å². The van der Waals surface area contributed by atoms with Gasteiger partial charge in [-0.1, -0.05) is 24.3 Å². The van der Waals surface area contributed by atoms with Crippen molar-refractivity contribution in [1.82, 2.24) is 5.32 Å². The summed E-state index contributed by atoms with van der Waals surface area (Å²) in [6.07, 6.45) is -1.16. The van der Waals surface area contributed by atoms with Crippen LogP contribution >= 0.6 is 0 Å². The third-order valence-corrected chi connectivity index (χ3v) is 3.95. The van der Waals surface area contributed by atoms with Gasteiger partial charge in [0.15, 0.2) is 0 Å². The zero-order chi connectivity index (χ0) is 13.9. The molecule has 0 saturated carbocycles. The van der Waals surface area contributed by atoms with Crippen LogP contribution in [0.15, 0.2) is 24.3 Å². The number of benzene rings is 1. The minimum atomic E-state index is -4.10. The molecule has 2 unspecified atom stereocenters. The summed E-state index contributed by atoms with van der Waals surface area (Å²) in [4.78, 5) is 0. The van der Waals surface area contributed by atoms with Gasteiger partial charge >= 0.3 is 6.18 Å². The highest BCUT2D eigenvalue weighted by atomic mass is 19.4. The molecular formula is C15H20F3N. The topological polar surface area (TPSA) is 12.0 Å². The second kappa shape index (κ2) is 5.95. The summed E-state index contributed by atoms with van der Waals surface area (Å²) in [5, 5.41) is 2.82. The lowest BCUT2D eigenvalue weighted by molar-refractivity contribution is -0.140. The fraction of sp³-hybridized carbons (Fsp3) is 0.600. The van der Waals surface area contributed by atoms with Crippen LogP contribution in [0.1, 0.15) is 42.7 Å². The maximum absolute atomic E-state index is 12.5. The zero-order valence-corrected chi connectivity index (χ0v) is 11.1. The molecule has 1 aromatic carbocycles. The predicted molar refractivity (Wildman–Crippen MR) is 70.3 cm³/mol. The zero-order valence-electron chi connectivity index (χ0n) is 11.1. The van der Waals surface area contributed by atoms with Gasteiger partial charge < -0.3 is 5.32 Å². The average molecular weight is 271 g/mol. The molecule has 0 saturated heterocycles. The van der Waals surface area contributed by atoms with Gasteiger partial charge in [0, 0.05) is 6.04 Å². The lowest BCUT2D eigenvalue weighted by Crippen LogP contribution is -2.33. The molecule has 2 rings (SSSR count). The molecular weight excluding hydrogens is 251 g/mol. The molecule has 19 heavy (non-hydrogen) atoms. The van der Waals surface area contributed by atoms with Crippen molar-refractivity contribution in [3.63, 3.8) is 0 Å². The van der Waals surface area contributed by atoms with Crippen molar-refractivity contribution in [3.05, 3.63) is 35.4 Å². The van der Waals surface area contributed by atoms with Crippen molar-refractivity contribution in [2.24, 2.45) is 0 Å². The van der Waals surface area contributed by atoms with E-state index in [2.05, 4.69) is 17.4 Å². The Hall–Kier alpha value is -1.03. The monoisotopic (exact) mass is 271 g/mol. The van der Waals surface area contributed by atoms with E-state index in [0.717, 1.165) is 19.3 Å². The summed E-state index contributed by atoms with van der Waals surface area (Å²) >= 11 is 0. The first-order chi connectivity index (χ1) is 8.99. The van der Waals surface area contributed by atoms with Gasteiger partial charge in [-0.05, 0) is 49.8 Å². The van der Waals surface area contributed by atoms with Gasteiger partial charge in [-0.2, -0.15) is 13.2 Å². The molecule has 106 valence electrons. The number of nitrogens with one attached hydrogen (secondary N) is 1. The van der Waals surface area contributed by atoms with Gasteiger partial charge in [0.1, 0.15) is 0 Å². The molecule has 1 aliphatic rings. The molecule has 0 bridgehead atoms. The van der Waals surface area contributed by atoms with Crippen molar-refractivity contribution in [3.8, 4) is 0 Å². The molecule has 1 nitrogen and oxygen atoms in total. The third-order valence-electron chi connectivity index (χ3n) is 3.95. The molecule has 0 fully saturated rings. The Bertz CT molecular complexity index is 414. The van der Waals surface area contributed by atoms with Crippen LogP contribution in [0.2, 0.25) is 0 Å².